The summed E-state index contributed by atoms with van der Waals surface area (Å²) in [6.45, 7) is 6.58. The van der Waals surface area contributed by atoms with E-state index in [-0.39, 0.29) is 13.2 Å². The van der Waals surface area contributed by atoms with Gasteiger partial charge in [0.2, 0.25) is 0 Å². The number of carbonyl (C=O) groups is 2. The van der Waals surface area contributed by atoms with Crippen LogP contribution in [-0.2, 0) is 29.0 Å². The predicted octanol–water partition coefficient (Wildman–Crippen LogP) is 4.28. The first-order chi connectivity index (χ1) is 20.4. The molecule has 222 valence electrons. The van der Waals surface area contributed by atoms with Crippen LogP contribution in [0.5, 0.6) is 0 Å². The fraction of sp³-hybridized carbons (Fsp3) is 0.452. The lowest BCUT2D eigenvalue weighted by atomic mass is 9.92. The molecule has 5 rings (SSSR count). The van der Waals surface area contributed by atoms with Crippen LogP contribution in [0, 0.1) is 6.92 Å². The van der Waals surface area contributed by atoms with Gasteiger partial charge in [0.05, 0.1) is 0 Å². The molecule has 0 spiro atoms. The van der Waals surface area contributed by atoms with Crippen molar-refractivity contribution in [3.63, 3.8) is 0 Å². The van der Waals surface area contributed by atoms with Crippen molar-refractivity contribution in [3.05, 3.63) is 70.7 Å². The van der Waals surface area contributed by atoms with Crippen molar-refractivity contribution in [1.82, 2.24) is 20.3 Å². The van der Waals surface area contributed by atoms with Crippen molar-refractivity contribution in [1.29, 1.82) is 0 Å². The minimum atomic E-state index is -1.20. The van der Waals surface area contributed by atoms with Crippen LogP contribution in [0.4, 0.5) is 22.2 Å². The number of hydrogen-bond acceptors (Lipinski definition) is 9. The van der Waals surface area contributed by atoms with Crippen molar-refractivity contribution in [2.45, 2.75) is 64.5 Å². The molecule has 0 aliphatic carbocycles. The lowest BCUT2D eigenvalue weighted by Gasteiger charge is -2.34. The summed E-state index contributed by atoms with van der Waals surface area (Å²) < 4.78 is 5.21. The van der Waals surface area contributed by atoms with Crippen LogP contribution in [0.25, 0.3) is 0 Å². The molecule has 0 radical (unpaired) electrons. The molecule has 2 aliphatic heterocycles. The lowest BCUT2D eigenvalue weighted by Crippen LogP contribution is -2.45. The first-order valence-electron chi connectivity index (χ1n) is 14.7. The Morgan fingerprint density at radius 3 is 2.64 bits per heavy atom. The number of nitrogens with one attached hydrogen (secondary N) is 3. The number of aliphatic carboxylic acids is 1. The molecule has 0 saturated carbocycles. The number of pyridine rings is 1. The molecule has 11 heteroatoms. The number of anilines is 3. The second kappa shape index (κ2) is 13.5. The largest absolute Gasteiger partial charge is 0.480 e. The smallest absolute Gasteiger partial charge is 0.408 e. The van der Waals surface area contributed by atoms with Crippen LogP contribution in [0.1, 0.15) is 60.3 Å². The number of piperidine rings is 1. The average molecular weight is 574 g/mol. The first kappa shape index (κ1) is 29.1. The van der Waals surface area contributed by atoms with Crippen molar-refractivity contribution in [2.75, 3.05) is 41.7 Å². The number of carboxylic acid groups (broad SMARTS) is 1. The molecular formula is C31H39N7O4. The van der Waals surface area contributed by atoms with E-state index in [0.717, 1.165) is 73.8 Å². The van der Waals surface area contributed by atoms with Gasteiger partial charge in [-0.2, -0.15) is 0 Å². The third kappa shape index (κ3) is 7.07. The Hall–Kier alpha value is -4.41. The van der Waals surface area contributed by atoms with Gasteiger partial charge in [-0.1, -0.05) is 43.3 Å². The number of carboxylic acids is 1. The highest BCUT2D eigenvalue weighted by molar-refractivity contribution is 5.80. The minimum absolute atomic E-state index is 0.0524. The molecule has 3 aromatic rings. The first-order valence-corrected chi connectivity index (χ1v) is 14.7. The number of alkyl carbamates (subject to hydrolysis) is 1. The number of carbonyl (C=O) groups excluding carboxylic acids is 1. The summed E-state index contributed by atoms with van der Waals surface area (Å²) in [5.74, 6) is 2.34. The predicted molar refractivity (Wildman–Crippen MR) is 161 cm³/mol. The van der Waals surface area contributed by atoms with Crippen molar-refractivity contribution in [2.24, 2.45) is 0 Å². The number of fused-ring (bicyclic) bond motifs is 1. The van der Waals surface area contributed by atoms with Gasteiger partial charge in [0.15, 0.2) is 0 Å². The molecule has 1 amide bonds. The number of ether oxygens (including phenoxy) is 1. The van der Waals surface area contributed by atoms with Gasteiger partial charge in [-0.05, 0) is 49.8 Å². The molecule has 11 nitrogen and oxygen atoms in total. The fourth-order valence-corrected chi connectivity index (χ4v) is 5.45. The third-order valence-corrected chi connectivity index (χ3v) is 7.89. The molecular weight excluding hydrogens is 534 g/mol. The maximum Gasteiger partial charge on any atom is 0.408 e. The van der Waals surface area contributed by atoms with Crippen LogP contribution in [0.15, 0.2) is 42.5 Å². The monoisotopic (exact) mass is 573 g/mol. The SMILES string of the molecule is CCc1nc(NCC(NC(=O)OCc2ccccc2)C(=O)O)c(C)c(N2CCC(c3ccc4c(n3)NCCC4)CC2)n1. The number of hydrogen-bond donors (Lipinski definition) is 4. The molecule has 1 aromatic carbocycles. The van der Waals surface area contributed by atoms with E-state index in [0.29, 0.717) is 24.0 Å². The highest BCUT2D eigenvalue weighted by atomic mass is 16.5. The Morgan fingerprint density at radius 2 is 1.90 bits per heavy atom. The van der Waals surface area contributed by atoms with Gasteiger partial charge in [-0.3, -0.25) is 0 Å². The van der Waals surface area contributed by atoms with E-state index in [1.807, 2.05) is 44.2 Å². The minimum Gasteiger partial charge on any atom is -0.480 e. The van der Waals surface area contributed by atoms with Gasteiger partial charge < -0.3 is 30.7 Å². The van der Waals surface area contributed by atoms with Gasteiger partial charge in [0, 0.05) is 49.8 Å². The number of rotatable bonds is 10. The van der Waals surface area contributed by atoms with E-state index in [1.165, 1.54) is 5.56 Å². The molecule has 1 atom stereocenters. The second-order valence-electron chi connectivity index (χ2n) is 10.8. The number of aromatic nitrogens is 3. The molecule has 0 bridgehead atoms. The van der Waals surface area contributed by atoms with Crippen LogP contribution in [0.2, 0.25) is 0 Å². The number of amides is 1. The van der Waals surface area contributed by atoms with Crippen LogP contribution >= 0.6 is 0 Å². The normalized spacial score (nSPS) is 15.7. The second-order valence-corrected chi connectivity index (χ2v) is 10.8. The van der Waals surface area contributed by atoms with Crippen LogP contribution in [0.3, 0.4) is 0 Å². The Morgan fingerprint density at radius 1 is 1.12 bits per heavy atom. The van der Waals surface area contributed by atoms with Crippen molar-refractivity contribution >= 4 is 29.5 Å². The highest BCUT2D eigenvalue weighted by Crippen LogP contribution is 2.33. The fourth-order valence-electron chi connectivity index (χ4n) is 5.45. The molecule has 1 saturated heterocycles. The maximum atomic E-state index is 12.3. The Balaban J connectivity index is 1.21. The van der Waals surface area contributed by atoms with Crippen molar-refractivity contribution in [3.8, 4) is 0 Å². The van der Waals surface area contributed by atoms with Gasteiger partial charge in [0.1, 0.15) is 35.9 Å². The number of nitrogens with zero attached hydrogens (tertiary/aromatic N) is 4. The Labute approximate surface area is 246 Å². The molecule has 2 aromatic heterocycles. The quantitative estimate of drug-likeness (QED) is 0.278. The van der Waals surface area contributed by atoms with E-state index >= 15 is 0 Å². The summed E-state index contributed by atoms with van der Waals surface area (Å²) in [6, 6.07) is 12.4. The van der Waals surface area contributed by atoms with Gasteiger partial charge in [0.25, 0.3) is 0 Å². The summed E-state index contributed by atoms with van der Waals surface area (Å²) in [6.07, 6.45) is 4.01. The van der Waals surface area contributed by atoms with Gasteiger partial charge in [-0.15, -0.1) is 0 Å². The van der Waals surface area contributed by atoms with E-state index < -0.39 is 18.1 Å². The average Bonchev–Trinajstić information content (AvgIpc) is 3.03. The van der Waals surface area contributed by atoms with E-state index in [4.69, 9.17) is 14.7 Å². The van der Waals surface area contributed by atoms with Crippen molar-refractivity contribution < 1.29 is 19.4 Å². The van der Waals surface area contributed by atoms with Crippen LogP contribution < -0.4 is 20.9 Å². The highest BCUT2D eigenvalue weighted by Gasteiger charge is 2.27. The van der Waals surface area contributed by atoms with Gasteiger partial charge in [-0.25, -0.2) is 24.5 Å². The molecule has 2 aliphatic rings. The number of aryl methyl sites for hydroxylation is 2. The van der Waals surface area contributed by atoms with E-state index in [2.05, 4.69) is 38.0 Å². The Bertz CT molecular complexity index is 1390. The maximum absolute atomic E-state index is 12.3. The lowest BCUT2D eigenvalue weighted by molar-refractivity contribution is -0.139. The summed E-state index contributed by atoms with van der Waals surface area (Å²) in [5.41, 5.74) is 4.11. The molecule has 4 heterocycles. The Kier molecular flexibility index (Phi) is 9.35. The zero-order valence-corrected chi connectivity index (χ0v) is 24.2. The zero-order chi connectivity index (χ0) is 29.5. The number of benzene rings is 1. The van der Waals surface area contributed by atoms with E-state index in [9.17, 15) is 14.7 Å². The molecule has 1 fully saturated rings. The topological polar surface area (TPSA) is 142 Å². The molecule has 1 unspecified atom stereocenters. The van der Waals surface area contributed by atoms with Crippen LogP contribution in [-0.4, -0.2) is 64.3 Å². The third-order valence-electron chi connectivity index (χ3n) is 7.89. The zero-order valence-electron chi connectivity index (χ0n) is 24.2. The van der Waals surface area contributed by atoms with Gasteiger partial charge >= 0.3 is 12.1 Å². The summed E-state index contributed by atoms with van der Waals surface area (Å²) in [7, 11) is 0. The standard InChI is InChI=1S/C31H39N7O4/c1-3-26-36-27(33-18-25(30(39)40)35-31(41)42-19-21-8-5-4-6-9-21)20(2)29(37-26)38-16-13-22(14-17-38)24-12-11-23-10-7-15-32-28(23)34-24/h4-6,8-9,11-12,22,25H,3,7,10,13-19H2,1-2H3,(H,32,34)(H,35,41)(H,39,40)(H,33,36,37). The molecule has 42 heavy (non-hydrogen) atoms. The summed E-state index contributed by atoms with van der Waals surface area (Å²) in [4.78, 5) is 40.9. The summed E-state index contributed by atoms with van der Waals surface area (Å²) >= 11 is 0. The molecule has 4 N–H and O–H groups in total. The van der Waals surface area contributed by atoms with E-state index in [1.54, 1.807) is 0 Å². The summed E-state index contributed by atoms with van der Waals surface area (Å²) in [5, 5.41) is 18.8.